The second kappa shape index (κ2) is 7.96. The summed E-state index contributed by atoms with van der Waals surface area (Å²) in [4.78, 5) is 16.6. The Hall–Kier alpha value is -0.650. The van der Waals surface area contributed by atoms with E-state index >= 15 is 0 Å². The molecule has 1 amide bonds. The van der Waals surface area contributed by atoms with Crippen LogP contribution in [-0.4, -0.2) is 67.6 Å². The third kappa shape index (κ3) is 5.04. The summed E-state index contributed by atoms with van der Waals surface area (Å²) in [6.07, 6.45) is 4.83. The highest BCUT2D eigenvalue weighted by Crippen LogP contribution is 2.27. The fourth-order valence-corrected chi connectivity index (χ4v) is 2.96. The zero-order valence-corrected chi connectivity index (χ0v) is 12.8. The number of hydrogen-bond donors (Lipinski definition) is 2. The van der Waals surface area contributed by atoms with E-state index in [2.05, 4.69) is 22.0 Å². The van der Waals surface area contributed by atoms with Gasteiger partial charge in [0.05, 0.1) is 6.54 Å². The molecule has 0 aromatic rings. The number of carbonyl (C=O) groups excluding carboxylic acids is 1. The van der Waals surface area contributed by atoms with Crippen LogP contribution in [0, 0.1) is 5.92 Å². The van der Waals surface area contributed by atoms with Crippen LogP contribution in [0.5, 0.6) is 0 Å². The molecule has 1 aliphatic carbocycles. The maximum atomic E-state index is 11.8. The van der Waals surface area contributed by atoms with Crippen molar-refractivity contribution in [3.8, 4) is 0 Å². The predicted octanol–water partition coefficient (Wildman–Crippen LogP) is 0.258. The Morgan fingerprint density at radius 2 is 2.00 bits per heavy atom. The van der Waals surface area contributed by atoms with E-state index in [0.29, 0.717) is 12.6 Å². The molecule has 0 aromatic carbocycles. The molecule has 0 aromatic heterocycles. The Bertz CT molecular complexity index is 298. The second-order valence-electron chi connectivity index (χ2n) is 6.20. The van der Waals surface area contributed by atoms with E-state index in [1.807, 2.05) is 0 Å². The first-order chi connectivity index (χ1) is 9.72. The molecule has 2 aliphatic rings. The third-order valence-corrected chi connectivity index (χ3v) is 4.55. The Kier molecular flexibility index (Phi) is 6.26. The second-order valence-corrected chi connectivity index (χ2v) is 6.20. The van der Waals surface area contributed by atoms with Crippen molar-refractivity contribution < 1.29 is 4.79 Å². The van der Waals surface area contributed by atoms with Crippen LogP contribution < -0.4 is 11.1 Å². The smallest absolute Gasteiger partial charge is 0.234 e. The van der Waals surface area contributed by atoms with Gasteiger partial charge in [-0.15, -0.1) is 0 Å². The van der Waals surface area contributed by atoms with E-state index in [0.717, 1.165) is 51.6 Å². The maximum Gasteiger partial charge on any atom is 0.234 e. The summed E-state index contributed by atoms with van der Waals surface area (Å²) >= 11 is 0. The first kappa shape index (κ1) is 15.7. The zero-order chi connectivity index (χ0) is 14.4. The molecule has 116 valence electrons. The van der Waals surface area contributed by atoms with Crippen LogP contribution >= 0.6 is 0 Å². The number of nitrogens with one attached hydrogen (secondary N) is 1. The molecule has 1 unspecified atom stereocenters. The van der Waals surface area contributed by atoms with Crippen LogP contribution in [-0.2, 0) is 4.79 Å². The summed E-state index contributed by atoms with van der Waals surface area (Å²) in [5, 5.41) is 3.05. The van der Waals surface area contributed by atoms with Crippen LogP contribution in [0.2, 0.25) is 0 Å². The van der Waals surface area contributed by atoms with Crippen LogP contribution in [0.1, 0.15) is 32.6 Å². The number of piperazine rings is 1. The molecule has 3 N–H and O–H groups in total. The summed E-state index contributed by atoms with van der Waals surface area (Å²) in [6.45, 7) is 8.57. The average molecular weight is 282 g/mol. The number of nitrogens with zero attached hydrogens (tertiary/aromatic N) is 2. The van der Waals surface area contributed by atoms with E-state index < -0.39 is 0 Å². The molecule has 1 heterocycles. The monoisotopic (exact) mass is 282 g/mol. The Morgan fingerprint density at radius 1 is 1.30 bits per heavy atom. The molecule has 1 aliphatic heterocycles. The quantitative estimate of drug-likeness (QED) is 0.670. The lowest BCUT2D eigenvalue weighted by atomic mass is 10.1. The minimum atomic E-state index is 0.194. The van der Waals surface area contributed by atoms with E-state index in [1.54, 1.807) is 0 Å². The van der Waals surface area contributed by atoms with Gasteiger partial charge in [-0.3, -0.25) is 14.6 Å². The fourth-order valence-electron chi connectivity index (χ4n) is 2.96. The molecule has 0 radical (unpaired) electrons. The first-order valence-electron chi connectivity index (χ1n) is 8.16. The number of nitrogens with two attached hydrogens (primary N) is 1. The van der Waals surface area contributed by atoms with E-state index in [-0.39, 0.29) is 5.91 Å². The average Bonchev–Trinajstić information content (AvgIpc) is 3.28. The minimum Gasteiger partial charge on any atom is -0.355 e. The summed E-state index contributed by atoms with van der Waals surface area (Å²) in [5.41, 5.74) is 5.68. The van der Waals surface area contributed by atoms with Gasteiger partial charge >= 0.3 is 0 Å². The van der Waals surface area contributed by atoms with Gasteiger partial charge in [0.15, 0.2) is 0 Å². The van der Waals surface area contributed by atoms with Crippen molar-refractivity contribution in [3.05, 3.63) is 0 Å². The van der Waals surface area contributed by atoms with E-state index in [1.165, 1.54) is 19.3 Å². The minimum absolute atomic E-state index is 0.194. The fraction of sp³-hybridized carbons (Fsp3) is 0.933. The molecule has 1 atom stereocenters. The van der Waals surface area contributed by atoms with Gasteiger partial charge < -0.3 is 11.1 Å². The number of rotatable bonds is 8. The highest BCUT2D eigenvalue weighted by Gasteiger charge is 2.24. The van der Waals surface area contributed by atoms with Crippen molar-refractivity contribution in [2.24, 2.45) is 11.7 Å². The molecule has 20 heavy (non-hydrogen) atoms. The summed E-state index contributed by atoms with van der Waals surface area (Å²) < 4.78 is 0. The van der Waals surface area contributed by atoms with Gasteiger partial charge in [-0.2, -0.15) is 0 Å². The van der Waals surface area contributed by atoms with Crippen molar-refractivity contribution >= 4 is 5.91 Å². The third-order valence-electron chi connectivity index (χ3n) is 4.55. The summed E-state index contributed by atoms with van der Waals surface area (Å²) in [6, 6.07) is 0.617. The van der Waals surface area contributed by atoms with Crippen molar-refractivity contribution in [3.63, 3.8) is 0 Å². The maximum absolute atomic E-state index is 11.8. The van der Waals surface area contributed by atoms with Gasteiger partial charge in [0.1, 0.15) is 0 Å². The van der Waals surface area contributed by atoms with Crippen LogP contribution in [0.3, 0.4) is 0 Å². The lowest BCUT2D eigenvalue weighted by Crippen LogP contribution is -2.52. The molecular formula is C15H30N4O. The molecular weight excluding hydrogens is 252 g/mol. The van der Waals surface area contributed by atoms with Crippen LogP contribution in [0.4, 0.5) is 0 Å². The molecule has 0 bridgehead atoms. The summed E-state index contributed by atoms with van der Waals surface area (Å²) in [7, 11) is 0. The molecule has 5 nitrogen and oxygen atoms in total. The lowest BCUT2D eigenvalue weighted by Gasteiger charge is -2.38. The van der Waals surface area contributed by atoms with Gasteiger partial charge in [-0.25, -0.2) is 0 Å². The number of carbonyl (C=O) groups is 1. The van der Waals surface area contributed by atoms with E-state index in [9.17, 15) is 4.79 Å². The Morgan fingerprint density at radius 3 is 2.55 bits per heavy atom. The topological polar surface area (TPSA) is 61.6 Å². The van der Waals surface area contributed by atoms with Crippen molar-refractivity contribution in [2.45, 2.75) is 38.6 Å². The molecule has 2 fully saturated rings. The molecule has 5 heteroatoms. The molecule has 0 spiro atoms. The highest BCUT2D eigenvalue weighted by molar-refractivity contribution is 5.78. The normalized spacial score (nSPS) is 22.7. The summed E-state index contributed by atoms with van der Waals surface area (Å²) in [5.74, 6) is 0.955. The van der Waals surface area contributed by atoms with Crippen molar-refractivity contribution in [1.29, 1.82) is 0 Å². The highest BCUT2D eigenvalue weighted by atomic mass is 16.2. The van der Waals surface area contributed by atoms with Gasteiger partial charge in [-0.05, 0) is 38.1 Å². The van der Waals surface area contributed by atoms with Crippen LogP contribution in [0.15, 0.2) is 0 Å². The molecule has 1 saturated carbocycles. The van der Waals surface area contributed by atoms with Gasteiger partial charge in [-0.1, -0.05) is 6.92 Å². The van der Waals surface area contributed by atoms with E-state index in [4.69, 9.17) is 5.73 Å². The Balaban J connectivity index is 1.63. The van der Waals surface area contributed by atoms with Gasteiger partial charge in [0, 0.05) is 38.8 Å². The predicted molar refractivity (Wildman–Crippen MR) is 81.5 cm³/mol. The number of hydrogen-bond acceptors (Lipinski definition) is 4. The van der Waals surface area contributed by atoms with Crippen molar-refractivity contribution in [1.82, 2.24) is 15.1 Å². The standard InChI is InChI=1S/C15H30N4O/c1-2-14(5-6-16)19-9-7-18(8-10-19)12-15(20)17-11-13-3-4-13/h13-14H,2-12,16H2,1H3,(H,17,20). The van der Waals surface area contributed by atoms with Crippen LogP contribution in [0.25, 0.3) is 0 Å². The zero-order valence-electron chi connectivity index (χ0n) is 12.8. The molecule has 2 rings (SSSR count). The Labute approximate surface area is 122 Å². The SMILES string of the molecule is CCC(CCN)N1CCN(CC(=O)NCC2CC2)CC1. The largest absolute Gasteiger partial charge is 0.355 e. The first-order valence-corrected chi connectivity index (χ1v) is 8.16. The van der Waals surface area contributed by atoms with Crippen molar-refractivity contribution in [2.75, 3.05) is 45.8 Å². The lowest BCUT2D eigenvalue weighted by molar-refractivity contribution is -0.122. The van der Waals surface area contributed by atoms with Gasteiger partial charge in [0.25, 0.3) is 0 Å². The molecule has 1 saturated heterocycles. The number of amides is 1. The van der Waals surface area contributed by atoms with Gasteiger partial charge in [0.2, 0.25) is 5.91 Å².